The molecule has 6 heteroatoms. The van der Waals surface area contributed by atoms with Gasteiger partial charge < -0.3 is 14.2 Å². The number of amides is 2. The van der Waals surface area contributed by atoms with Crippen LogP contribution in [-0.2, 0) is 17.9 Å². The van der Waals surface area contributed by atoms with Gasteiger partial charge in [-0.25, -0.2) is 4.39 Å². The highest BCUT2D eigenvalue weighted by Crippen LogP contribution is 2.29. The van der Waals surface area contributed by atoms with Gasteiger partial charge in [-0.2, -0.15) is 0 Å². The molecule has 1 aliphatic rings. The normalized spacial score (nSPS) is 13.1. The number of hydrogen-bond donors (Lipinski definition) is 0. The molecule has 1 fully saturated rings. The van der Waals surface area contributed by atoms with Crippen molar-refractivity contribution in [3.63, 3.8) is 0 Å². The minimum absolute atomic E-state index is 0.00127. The number of aryl methyl sites for hydroxylation is 2. The lowest BCUT2D eigenvalue weighted by atomic mass is 10.1. The van der Waals surface area contributed by atoms with Crippen LogP contribution in [0.5, 0.6) is 0 Å². The van der Waals surface area contributed by atoms with Gasteiger partial charge in [0.2, 0.25) is 5.91 Å². The van der Waals surface area contributed by atoms with Gasteiger partial charge >= 0.3 is 0 Å². The second kappa shape index (κ2) is 9.39. The lowest BCUT2D eigenvalue weighted by Crippen LogP contribution is -2.43. The van der Waals surface area contributed by atoms with E-state index < -0.39 is 0 Å². The smallest absolute Gasteiger partial charge is 0.254 e. The highest BCUT2D eigenvalue weighted by atomic mass is 19.1. The Morgan fingerprint density at radius 3 is 2.31 bits per heavy atom. The van der Waals surface area contributed by atoms with Gasteiger partial charge in [0.1, 0.15) is 23.9 Å². The van der Waals surface area contributed by atoms with Crippen LogP contribution in [0.15, 0.2) is 65.1 Å². The van der Waals surface area contributed by atoms with Crippen molar-refractivity contribution in [3.8, 4) is 0 Å². The Balaban J connectivity index is 1.55. The average Bonchev–Trinajstić information content (AvgIpc) is 3.54. The molecule has 5 nitrogen and oxygen atoms in total. The Kier molecular flexibility index (Phi) is 6.40. The second-order valence-electron chi connectivity index (χ2n) is 8.37. The van der Waals surface area contributed by atoms with E-state index in [0.29, 0.717) is 17.9 Å². The first-order chi connectivity index (χ1) is 15.4. The minimum atomic E-state index is -0.322. The molecule has 2 aromatic carbocycles. The van der Waals surface area contributed by atoms with Crippen LogP contribution in [0.3, 0.4) is 0 Å². The zero-order valence-corrected chi connectivity index (χ0v) is 18.4. The van der Waals surface area contributed by atoms with E-state index in [0.717, 1.165) is 29.7 Å². The molecule has 2 amide bonds. The van der Waals surface area contributed by atoms with Crippen LogP contribution in [0, 0.1) is 19.7 Å². The molecular formula is C26H27FN2O3. The van der Waals surface area contributed by atoms with Gasteiger partial charge in [0.25, 0.3) is 5.91 Å². The maximum atomic E-state index is 13.4. The molecule has 0 radical (unpaired) electrons. The number of carbonyl (C=O) groups is 2. The predicted octanol–water partition coefficient (Wildman–Crippen LogP) is 4.87. The molecule has 0 unspecified atom stereocenters. The molecule has 0 atom stereocenters. The number of nitrogens with zero attached hydrogens (tertiary/aromatic N) is 2. The fraction of sp³-hybridized carbons (Fsp3) is 0.308. The Labute approximate surface area is 187 Å². The molecule has 3 aromatic rings. The highest BCUT2D eigenvalue weighted by molar-refractivity contribution is 5.98. The van der Waals surface area contributed by atoms with Crippen molar-refractivity contribution in [2.45, 2.75) is 45.8 Å². The van der Waals surface area contributed by atoms with E-state index in [4.69, 9.17) is 4.42 Å². The van der Waals surface area contributed by atoms with Crippen molar-refractivity contribution in [2.75, 3.05) is 6.54 Å². The van der Waals surface area contributed by atoms with E-state index in [2.05, 4.69) is 0 Å². The third kappa shape index (κ3) is 5.25. The summed E-state index contributed by atoms with van der Waals surface area (Å²) in [7, 11) is 0. The van der Waals surface area contributed by atoms with Crippen molar-refractivity contribution >= 4 is 11.8 Å². The molecule has 1 aromatic heterocycles. The fourth-order valence-corrected chi connectivity index (χ4v) is 3.77. The van der Waals surface area contributed by atoms with Crippen LogP contribution in [0.25, 0.3) is 0 Å². The molecule has 1 aliphatic carbocycles. The summed E-state index contributed by atoms with van der Waals surface area (Å²) in [5.74, 6) is 0.827. The molecule has 0 N–H and O–H groups in total. The summed E-state index contributed by atoms with van der Waals surface area (Å²) < 4.78 is 19.0. The quantitative estimate of drug-likeness (QED) is 0.508. The maximum Gasteiger partial charge on any atom is 0.254 e. The van der Waals surface area contributed by atoms with E-state index in [1.807, 2.05) is 44.2 Å². The van der Waals surface area contributed by atoms with Crippen LogP contribution in [0.1, 0.15) is 45.8 Å². The zero-order chi connectivity index (χ0) is 22.7. The van der Waals surface area contributed by atoms with Crippen LogP contribution in [-0.4, -0.2) is 34.2 Å². The Hall–Kier alpha value is -3.41. The Morgan fingerprint density at radius 2 is 1.69 bits per heavy atom. The Bertz CT molecular complexity index is 1100. The monoisotopic (exact) mass is 434 g/mol. The molecule has 0 spiro atoms. The van der Waals surface area contributed by atoms with Crippen LogP contribution in [0.2, 0.25) is 0 Å². The number of furan rings is 1. The molecule has 0 aliphatic heterocycles. The van der Waals surface area contributed by atoms with E-state index in [1.54, 1.807) is 28.0 Å². The number of halogens is 1. The molecular weight excluding hydrogens is 407 g/mol. The number of carbonyl (C=O) groups excluding carboxylic acids is 2. The van der Waals surface area contributed by atoms with Gasteiger partial charge in [-0.15, -0.1) is 0 Å². The maximum absolute atomic E-state index is 13.4. The average molecular weight is 435 g/mol. The van der Waals surface area contributed by atoms with Gasteiger partial charge in [0.05, 0.1) is 6.54 Å². The largest absolute Gasteiger partial charge is 0.464 e. The third-order valence-corrected chi connectivity index (χ3v) is 5.71. The van der Waals surface area contributed by atoms with Crippen LogP contribution < -0.4 is 0 Å². The lowest BCUT2D eigenvalue weighted by molar-refractivity contribution is -0.133. The fourth-order valence-electron chi connectivity index (χ4n) is 3.77. The first-order valence-corrected chi connectivity index (χ1v) is 10.8. The molecule has 1 heterocycles. The second-order valence-corrected chi connectivity index (χ2v) is 8.37. The van der Waals surface area contributed by atoms with Gasteiger partial charge in [-0.1, -0.05) is 30.3 Å². The molecule has 0 saturated heterocycles. The molecule has 1 saturated carbocycles. The molecule has 4 rings (SSSR count). The van der Waals surface area contributed by atoms with Crippen molar-refractivity contribution in [2.24, 2.45) is 0 Å². The standard InChI is InChI=1S/C26H27FN2O3/c1-18-5-3-4-6-24(18)26(31)29(22-12-13-22)17-25(30)28(16-23-14-7-19(2)32-23)15-20-8-10-21(27)11-9-20/h3-11,14,22H,12-13,15-17H2,1-2H3. The van der Waals surface area contributed by atoms with Crippen molar-refractivity contribution < 1.29 is 18.4 Å². The third-order valence-electron chi connectivity index (χ3n) is 5.71. The predicted molar refractivity (Wildman–Crippen MR) is 119 cm³/mol. The summed E-state index contributed by atoms with van der Waals surface area (Å²) in [5.41, 5.74) is 2.33. The molecule has 32 heavy (non-hydrogen) atoms. The summed E-state index contributed by atoms with van der Waals surface area (Å²) in [6.07, 6.45) is 1.81. The molecule has 166 valence electrons. The van der Waals surface area contributed by atoms with E-state index in [1.165, 1.54) is 12.1 Å². The van der Waals surface area contributed by atoms with Crippen molar-refractivity contribution in [3.05, 3.63) is 94.7 Å². The van der Waals surface area contributed by atoms with E-state index in [-0.39, 0.29) is 36.8 Å². The number of hydrogen-bond acceptors (Lipinski definition) is 3. The topological polar surface area (TPSA) is 53.8 Å². The van der Waals surface area contributed by atoms with Crippen LogP contribution in [0.4, 0.5) is 4.39 Å². The highest BCUT2D eigenvalue weighted by Gasteiger charge is 2.35. The Morgan fingerprint density at radius 1 is 0.969 bits per heavy atom. The van der Waals surface area contributed by atoms with E-state index in [9.17, 15) is 14.0 Å². The first kappa shape index (κ1) is 21.8. The van der Waals surface area contributed by atoms with E-state index >= 15 is 0 Å². The summed E-state index contributed by atoms with van der Waals surface area (Å²) >= 11 is 0. The van der Waals surface area contributed by atoms with Gasteiger partial charge in [-0.05, 0) is 68.1 Å². The lowest BCUT2D eigenvalue weighted by Gasteiger charge is -2.28. The van der Waals surface area contributed by atoms with Gasteiger partial charge in [0, 0.05) is 18.2 Å². The first-order valence-electron chi connectivity index (χ1n) is 10.8. The molecule has 0 bridgehead atoms. The summed E-state index contributed by atoms with van der Waals surface area (Å²) in [5, 5.41) is 0. The summed E-state index contributed by atoms with van der Waals surface area (Å²) in [6.45, 7) is 4.33. The van der Waals surface area contributed by atoms with Crippen molar-refractivity contribution in [1.82, 2.24) is 9.80 Å². The summed E-state index contributed by atoms with van der Waals surface area (Å²) in [6, 6.07) is 17.3. The SMILES string of the molecule is Cc1ccc(CN(Cc2ccc(F)cc2)C(=O)CN(C(=O)c2ccccc2C)C2CC2)o1. The minimum Gasteiger partial charge on any atom is -0.464 e. The van der Waals surface area contributed by atoms with Crippen LogP contribution >= 0.6 is 0 Å². The number of rotatable bonds is 8. The zero-order valence-electron chi connectivity index (χ0n) is 18.4. The summed E-state index contributed by atoms with van der Waals surface area (Å²) in [4.78, 5) is 30.0. The van der Waals surface area contributed by atoms with Crippen molar-refractivity contribution in [1.29, 1.82) is 0 Å². The number of benzene rings is 2. The van der Waals surface area contributed by atoms with Gasteiger partial charge in [0.15, 0.2) is 0 Å². The van der Waals surface area contributed by atoms with Gasteiger partial charge in [-0.3, -0.25) is 9.59 Å².